The molecule has 7 heteroatoms. The van der Waals surface area contributed by atoms with Crippen LogP contribution < -0.4 is 16.9 Å². The Bertz CT molecular complexity index is 233. The summed E-state index contributed by atoms with van der Waals surface area (Å²) in [5.74, 6) is 5.46. The van der Waals surface area contributed by atoms with Crippen LogP contribution in [0.2, 0.25) is 0 Å². The van der Waals surface area contributed by atoms with E-state index in [9.17, 15) is 4.79 Å². The van der Waals surface area contributed by atoms with Crippen molar-refractivity contribution in [2.45, 2.75) is 6.42 Å². The van der Waals surface area contributed by atoms with Crippen molar-refractivity contribution in [3.63, 3.8) is 0 Å². The molecule has 0 aliphatic carbocycles. The molecule has 0 atom stereocenters. The van der Waals surface area contributed by atoms with Crippen LogP contribution in [0.4, 0.5) is 0 Å². The van der Waals surface area contributed by atoms with Gasteiger partial charge in [-0.05, 0) is 0 Å². The molecule has 0 saturated heterocycles. The first-order valence-electron chi connectivity index (χ1n) is 4.96. The number of carbonyl (C=O) groups excluding carboxylic acids is 1. The predicted molar refractivity (Wildman–Crippen MR) is 59.8 cm³/mol. The molecule has 0 rings (SSSR count). The summed E-state index contributed by atoms with van der Waals surface area (Å²) in [6, 6.07) is 0. The van der Waals surface area contributed by atoms with E-state index in [1.807, 2.05) is 0 Å². The van der Waals surface area contributed by atoms with Crippen molar-refractivity contribution in [1.29, 1.82) is 0 Å². The lowest BCUT2D eigenvalue weighted by Crippen LogP contribution is -2.31. The second-order valence-electron chi connectivity index (χ2n) is 3.14. The van der Waals surface area contributed by atoms with E-state index in [2.05, 4.69) is 5.32 Å². The van der Waals surface area contributed by atoms with E-state index >= 15 is 0 Å². The molecule has 7 nitrogen and oxygen atoms in total. The van der Waals surface area contributed by atoms with Crippen molar-refractivity contribution in [2.75, 3.05) is 33.4 Å². The number of aliphatic hydroxyl groups is 1. The molecule has 94 valence electrons. The predicted octanol–water partition coefficient (Wildman–Crippen LogP) is -1.89. The number of amides is 1. The molecule has 0 spiro atoms. The van der Waals surface area contributed by atoms with Gasteiger partial charge in [-0.3, -0.25) is 4.79 Å². The highest BCUT2D eigenvalue weighted by molar-refractivity contribution is 5.75. The zero-order valence-electron chi connectivity index (χ0n) is 9.48. The number of nitrogens with one attached hydrogen (secondary N) is 1. The quantitative estimate of drug-likeness (QED) is 0.221. The molecule has 0 saturated carbocycles. The highest BCUT2D eigenvalue weighted by Gasteiger charge is 1.98. The van der Waals surface area contributed by atoms with Crippen molar-refractivity contribution in [3.8, 4) is 0 Å². The minimum atomic E-state index is -0.231. The zero-order chi connectivity index (χ0) is 12.4. The number of rotatable bonds is 8. The molecule has 0 aliphatic rings. The molecule has 1 amide bonds. The van der Waals surface area contributed by atoms with E-state index in [0.717, 1.165) is 0 Å². The van der Waals surface area contributed by atoms with Crippen molar-refractivity contribution >= 4 is 5.91 Å². The number of ether oxygens (including phenoxy) is 1. The van der Waals surface area contributed by atoms with Gasteiger partial charge in [-0.1, -0.05) is 0 Å². The van der Waals surface area contributed by atoms with Gasteiger partial charge in [-0.15, -0.1) is 0 Å². The molecule has 0 unspecified atom stereocenters. The number of nitrogens with two attached hydrogens (primary N) is 2. The summed E-state index contributed by atoms with van der Waals surface area (Å²) in [6.07, 6.45) is 1.76. The molecule has 6 N–H and O–H groups in total. The Balaban J connectivity index is 3.48. The van der Waals surface area contributed by atoms with Gasteiger partial charge < -0.3 is 25.9 Å². The Labute approximate surface area is 95.0 Å². The first-order chi connectivity index (χ1) is 7.60. The lowest BCUT2D eigenvalue weighted by molar-refractivity contribution is -0.121. The van der Waals surface area contributed by atoms with Crippen molar-refractivity contribution in [2.24, 2.45) is 11.6 Å². The van der Waals surface area contributed by atoms with Crippen LogP contribution in [-0.2, 0) is 9.53 Å². The van der Waals surface area contributed by atoms with Crippen LogP contribution in [0.3, 0.4) is 0 Å². The molecular formula is C9H20N4O3. The van der Waals surface area contributed by atoms with E-state index < -0.39 is 0 Å². The molecule has 0 aliphatic heterocycles. The van der Waals surface area contributed by atoms with E-state index in [-0.39, 0.29) is 18.2 Å². The number of aliphatic hydroxyl groups excluding tert-OH is 1. The molecule has 0 bridgehead atoms. The van der Waals surface area contributed by atoms with E-state index in [1.165, 1.54) is 11.2 Å². The lowest BCUT2D eigenvalue weighted by atomic mass is 10.4. The van der Waals surface area contributed by atoms with Gasteiger partial charge in [0.1, 0.15) is 0 Å². The third-order valence-electron chi connectivity index (χ3n) is 1.76. The van der Waals surface area contributed by atoms with Gasteiger partial charge >= 0.3 is 0 Å². The topological polar surface area (TPSA) is 114 Å². The number of carbonyl (C=O) groups is 1. The summed E-state index contributed by atoms with van der Waals surface area (Å²) in [6.45, 7) is 0.953. The molecule has 0 aromatic carbocycles. The fourth-order valence-corrected chi connectivity index (χ4v) is 0.880. The van der Waals surface area contributed by atoms with E-state index in [1.54, 1.807) is 7.05 Å². The Morgan fingerprint density at radius 2 is 2.25 bits per heavy atom. The van der Waals surface area contributed by atoms with Crippen LogP contribution in [0.1, 0.15) is 6.42 Å². The minimum absolute atomic E-state index is 0.0611. The lowest BCUT2D eigenvalue weighted by Gasteiger charge is -2.14. The largest absolute Gasteiger partial charge is 0.399 e. The number of hydrogen-bond donors (Lipinski definition) is 4. The maximum absolute atomic E-state index is 10.8. The standard InChI is InChI=1S/C9H20N4O3/c1-12-9(15)2-4-16-5-3-13(11)6-8(10)7-14/h6,14H,2-5,7,10-11H2,1H3,(H,12,15)/b8-6-. The Hall–Kier alpha value is -1.31. The van der Waals surface area contributed by atoms with Crippen LogP contribution in [0, 0.1) is 0 Å². The summed E-state index contributed by atoms with van der Waals surface area (Å²) in [7, 11) is 1.58. The fraction of sp³-hybridized carbons (Fsp3) is 0.667. The van der Waals surface area contributed by atoms with Gasteiger partial charge in [0.05, 0.1) is 32.1 Å². The normalized spacial score (nSPS) is 11.3. The average molecular weight is 232 g/mol. The SMILES string of the molecule is CNC(=O)CCOCCN(N)/C=C(\N)CO. The smallest absolute Gasteiger partial charge is 0.222 e. The van der Waals surface area contributed by atoms with Crippen LogP contribution in [-0.4, -0.2) is 49.4 Å². The van der Waals surface area contributed by atoms with Gasteiger partial charge in [0.15, 0.2) is 0 Å². The first-order valence-corrected chi connectivity index (χ1v) is 4.96. The van der Waals surface area contributed by atoms with Crippen molar-refractivity contribution in [1.82, 2.24) is 10.3 Å². The summed E-state index contributed by atoms with van der Waals surface area (Å²) >= 11 is 0. The Kier molecular flexibility index (Phi) is 8.22. The highest BCUT2D eigenvalue weighted by Crippen LogP contribution is 1.88. The summed E-state index contributed by atoms with van der Waals surface area (Å²) in [5.41, 5.74) is 5.64. The van der Waals surface area contributed by atoms with Gasteiger partial charge in [-0.2, -0.15) is 0 Å². The molecule has 16 heavy (non-hydrogen) atoms. The molecular weight excluding hydrogens is 212 g/mol. The highest BCUT2D eigenvalue weighted by atomic mass is 16.5. The molecule has 0 aromatic heterocycles. The monoisotopic (exact) mass is 232 g/mol. The second-order valence-corrected chi connectivity index (χ2v) is 3.14. The van der Waals surface area contributed by atoms with Crippen LogP contribution >= 0.6 is 0 Å². The Morgan fingerprint density at radius 3 is 2.81 bits per heavy atom. The second kappa shape index (κ2) is 8.96. The maximum Gasteiger partial charge on any atom is 0.222 e. The Morgan fingerprint density at radius 1 is 1.56 bits per heavy atom. The van der Waals surface area contributed by atoms with Crippen LogP contribution in [0.15, 0.2) is 11.9 Å². The number of hydrazine groups is 1. The molecule has 0 aromatic rings. The fourth-order valence-electron chi connectivity index (χ4n) is 0.880. The number of hydrogen-bond acceptors (Lipinski definition) is 6. The zero-order valence-corrected chi connectivity index (χ0v) is 9.48. The van der Waals surface area contributed by atoms with E-state index in [4.69, 9.17) is 21.4 Å². The van der Waals surface area contributed by atoms with Crippen molar-refractivity contribution in [3.05, 3.63) is 11.9 Å². The molecule has 0 radical (unpaired) electrons. The number of nitrogens with zero attached hydrogens (tertiary/aromatic N) is 1. The average Bonchev–Trinajstić information content (AvgIpc) is 2.27. The molecule has 0 heterocycles. The summed E-state index contributed by atoms with van der Waals surface area (Å²) in [5, 5.41) is 12.4. The first kappa shape index (κ1) is 14.7. The van der Waals surface area contributed by atoms with Gasteiger partial charge in [0.25, 0.3) is 0 Å². The van der Waals surface area contributed by atoms with Gasteiger partial charge in [-0.25, -0.2) is 5.84 Å². The van der Waals surface area contributed by atoms with Gasteiger partial charge in [0.2, 0.25) is 5.91 Å². The van der Waals surface area contributed by atoms with Crippen molar-refractivity contribution < 1.29 is 14.6 Å². The molecule has 0 fully saturated rings. The van der Waals surface area contributed by atoms with Crippen LogP contribution in [0.5, 0.6) is 0 Å². The summed E-state index contributed by atoms with van der Waals surface area (Å²) < 4.78 is 5.18. The third kappa shape index (κ3) is 8.04. The van der Waals surface area contributed by atoms with Crippen LogP contribution in [0.25, 0.3) is 0 Å². The third-order valence-corrected chi connectivity index (χ3v) is 1.76. The van der Waals surface area contributed by atoms with E-state index in [0.29, 0.717) is 26.2 Å². The van der Waals surface area contributed by atoms with Gasteiger partial charge in [0, 0.05) is 19.7 Å². The summed E-state index contributed by atoms with van der Waals surface area (Å²) in [4.78, 5) is 10.8. The maximum atomic E-state index is 10.8. The minimum Gasteiger partial charge on any atom is -0.399 e.